The van der Waals surface area contributed by atoms with Crippen LogP contribution in [0, 0.1) is 0 Å². The minimum atomic E-state index is -4.52. The van der Waals surface area contributed by atoms with E-state index in [1.807, 2.05) is 72.8 Å². The number of hydrogen-bond acceptors (Lipinski definition) is 12. The molecule has 0 aliphatic heterocycles. The van der Waals surface area contributed by atoms with Crippen LogP contribution in [0.15, 0.2) is 141 Å². The van der Waals surface area contributed by atoms with E-state index < -0.39 is 40.5 Å². The Morgan fingerprint density at radius 1 is 0.178 bits per heavy atom. The first-order valence-corrected chi connectivity index (χ1v) is 57.5. The van der Waals surface area contributed by atoms with Crippen LogP contribution in [0.3, 0.4) is 0 Å². The van der Waals surface area contributed by atoms with Crippen molar-refractivity contribution in [2.45, 2.75) is 486 Å². The molecule has 8 aromatic carbocycles. The zero-order valence-corrected chi connectivity index (χ0v) is 89.0. The summed E-state index contributed by atoms with van der Waals surface area (Å²) in [5.74, 6) is 0. The van der Waals surface area contributed by atoms with Crippen molar-refractivity contribution < 1.29 is 51.9 Å². The summed E-state index contributed by atoms with van der Waals surface area (Å²) in [6.07, 6.45) is 74.9. The molecule has 8 rings (SSSR count). The van der Waals surface area contributed by atoms with Gasteiger partial charge in [-0.2, -0.15) is 0 Å². The van der Waals surface area contributed by atoms with Crippen LogP contribution in [0.25, 0.3) is 43.1 Å². The van der Waals surface area contributed by atoms with Gasteiger partial charge in [0.05, 0.1) is 19.6 Å². The summed E-state index contributed by atoms with van der Waals surface area (Å²) in [4.78, 5) is -0.0871. The molecule has 129 heavy (non-hydrogen) atoms. The third kappa shape index (κ3) is 47.6. The molecule has 0 N–H and O–H groups in total. The molecule has 12 nitrogen and oxygen atoms in total. The molecular weight excluding hydrogens is 1870 g/mol. The predicted octanol–water partition coefficient (Wildman–Crippen LogP) is 32.9. The Morgan fingerprint density at radius 3 is 0.450 bits per heavy atom. The van der Waals surface area contributed by atoms with Crippen LogP contribution in [-0.2, 0) is 91.8 Å². The van der Waals surface area contributed by atoms with Gasteiger partial charge in [-0.1, -0.05) is 461 Å². The van der Waals surface area contributed by atoms with E-state index in [2.05, 4.69) is 79.7 Å². The van der Waals surface area contributed by atoms with E-state index >= 15 is 0 Å². The molecule has 0 amide bonds. The average molecular weight is 2050 g/mol. The van der Waals surface area contributed by atoms with Gasteiger partial charge < -0.3 is 18.2 Å². The first kappa shape index (κ1) is 117. The molecule has 0 saturated heterocycles. The van der Waals surface area contributed by atoms with Crippen LogP contribution < -0.4 is 0 Å². The molecule has 4 radical (unpaired) electrons. The molecule has 0 spiro atoms. The van der Waals surface area contributed by atoms with Gasteiger partial charge in [0.15, 0.2) is 0 Å². The van der Waals surface area contributed by atoms with Crippen molar-refractivity contribution in [2.24, 2.45) is 0 Å². The van der Waals surface area contributed by atoms with Gasteiger partial charge >= 0.3 is 0 Å². The van der Waals surface area contributed by atoms with Gasteiger partial charge in [-0.15, -0.1) is 0 Å². The number of rotatable bonds is 68. The van der Waals surface area contributed by atoms with Crippen LogP contribution in [0.4, 0.5) is 0 Å². The van der Waals surface area contributed by atoms with Gasteiger partial charge in [-0.25, -0.2) is 33.7 Å². The fourth-order valence-electron chi connectivity index (χ4n) is 18.5. The molecule has 0 aliphatic carbocycles. The minimum absolute atomic E-state index is 0. The second-order valence-corrected chi connectivity index (χ2v) is 42.6. The van der Waals surface area contributed by atoms with Crippen LogP contribution in [-0.4, -0.2) is 79.2 Å². The van der Waals surface area contributed by atoms with Gasteiger partial charge in [-0.3, -0.25) is 0 Å². The molecule has 8 aromatic rings. The molecule has 0 bridgehead atoms. The summed E-state index contributed by atoms with van der Waals surface area (Å²) < 4.78 is 146. The SMILES string of the molecule is CCCCCCCCCc1cc(S(=O)(=O)[O-])c2c(CCCCCCCCC)cccc2c1.CCCCCCCCCc1cc(S(=O)(=O)[O-])c2c(CCCCCCCCC)cccc2c1.CCCCCCCCCc1cc(S(=O)(=O)[O-])c2c(CCCCCCCCC)cccc2c1.CCCCCCCCCc1cc(S(=O)(=O)[O-])c2c(CCCCCCCCC)cccc2c1.[Pb]. The summed E-state index contributed by atoms with van der Waals surface area (Å²) in [5.41, 5.74) is 7.84. The number of unbranched alkanes of at least 4 members (excludes halogenated alkanes) is 48. The molecule has 0 fully saturated rings. The Kier molecular flexibility index (Phi) is 62.6. The average Bonchev–Trinajstić information content (AvgIpc) is 0.789. The van der Waals surface area contributed by atoms with Crippen molar-refractivity contribution in [3.8, 4) is 0 Å². The molecule has 0 aliphatic rings. The summed E-state index contributed by atoms with van der Waals surface area (Å²) in [5, 5.41) is 6.16. The normalized spacial score (nSPS) is 11.9. The number of hydrogen-bond donors (Lipinski definition) is 0. The van der Waals surface area contributed by atoms with Gasteiger partial charge in [0.1, 0.15) is 40.5 Å². The zero-order chi connectivity index (χ0) is 92.9. The van der Waals surface area contributed by atoms with Crippen molar-refractivity contribution in [3.63, 3.8) is 0 Å². The van der Waals surface area contributed by atoms with E-state index in [0.717, 1.165) is 220 Å². The molecular formula is C112H172O12PbS4-4. The minimum Gasteiger partial charge on any atom is -0.744 e. The van der Waals surface area contributed by atoms with E-state index in [4.69, 9.17) is 0 Å². The number of fused-ring (bicyclic) bond motifs is 4. The van der Waals surface area contributed by atoms with Gasteiger partial charge in [0, 0.05) is 48.8 Å². The summed E-state index contributed by atoms with van der Waals surface area (Å²) in [6.45, 7) is 17.8. The Bertz CT molecular complexity index is 4220. The van der Waals surface area contributed by atoms with Gasteiger partial charge in [0.25, 0.3) is 0 Å². The fraction of sp³-hybridized carbons (Fsp3) is 0.643. The third-order valence-electron chi connectivity index (χ3n) is 25.9. The van der Waals surface area contributed by atoms with Gasteiger partial charge in [-0.05, 0) is 193 Å². The quantitative estimate of drug-likeness (QED) is 0.0197. The molecule has 0 unspecified atom stereocenters. The van der Waals surface area contributed by atoms with Crippen molar-refractivity contribution >= 4 is 111 Å². The molecule has 0 saturated carbocycles. The molecule has 724 valence electrons. The molecule has 0 heterocycles. The Morgan fingerprint density at radius 2 is 0.310 bits per heavy atom. The van der Waals surface area contributed by atoms with E-state index in [9.17, 15) is 51.9 Å². The smallest absolute Gasteiger partial charge is 0.125 e. The molecule has 17 heteroatoms. The first-order chi connectivity index (χ1) is 61.9. The number of aryl methyl sites for hydroxylation is 8. The predicted molar refractivity (Wildman–Crippen MR) is 547 cm³/mol. The van der Waals surface area contributed by atoms with Crippen LogP contribution in [0.5, 0.6) is 0 Å². The third-order valence-corrected chi connectivity index (χ3v) is 29.3. The van der Waals surface area contributed by atoms with Crippen LogP contribution in [0.1, 0.15) is 459 Å². The fourth-order valence-corrected chi connectivity index (χ4v) is 21.7. The second-order valence-electron chi connectivity index (χ2n) is 37.2. The van der Waals surface area contributed by atoms with Crippen molar-refractivity contribution in [1.29, 1.82) is 0 Å². The monoisotopic (exact) mass is 2050 g/mol. The largest absolute Gasteiger partial charge is 0.744 e. The summed E-state index contributed by atoms with van der Waals surface area (Å²) in [6, 6.07) is 38.7. The zero-order valence-electron chi connectivity index (χ0n) is 81.8. The standard InChI is InChI=1S/4C28H44O3S.Pb/c4*1-3-5-7-9-11-13-15-18-24-22-26-21-17-20-25(19-16-14-12-10-8-6-4-2)28(26)27(23-24)32(29,30)31;/h4*17,20-23H,3-16,18-19H2,1-2H3,(H,29,30,31);/p-4. The van der Waals surface area contributed by atoms with Gasteiger partial charge in [0.2, 0.25) is 0 Å². The topological polar surface area (TPSA) is 229 Å². The Balaban J connectivity index is 0.000000359. The maximum absolute atomic E-state index is 12.1. The Labute approximate surface area is 807 Å². The van der Waals surface area contributed by atoms with E-state index in [1.165, 1.54) is 257 Å². The molecule has 0 atom stereocenters. The first-order valence-electron chi connectivity index (χ1n) is 51.9. The second kappa shape index (κ2) is 69.2. The van der Waals surface area contributed by atoms with Crippen molar-refractivity contribution in [2.75, 3.05) is 0 Å². The van der Waals surface area contributed by atoms with Crippen molar-refractivity contribution in [3.05, 3.63) is 166 Å². The Hall–Kier alpha value is -4.64. The maximum atomic E-state index is 12.1. The molecule has 0 aromatic heterocycles. The summed E-state index contributed by atoms with van der Waals surface area (Å²) in [7, 11) is -18.1. The number of benzene rings is 8. The van der Waals surface area contributed by atoms with E-state index in [0.29, 0.717) is 21.5 Å². The maximum Gasteiger partial charge on any atom is 0.125 e. The van der Waals surface area contributed by atoms with Crippen molar-refractivity contribution in [1.82, 2.24) is 0 Å². The van der Waals surface area contributed by atoms with Crippen LogP contribution in [0.2, 0.25) is 0 Å². The van der Waals surface area contributed by atoms with E-state index in [-0.39, 0.29) is 46.9 Å². The van der Waals surface area contributed by atoms with Crippen LogP contribution >= 0.6 is 0 Å². The summed E-state index contributed by atoms with van der Waals surface area (Å²) >= 11 is 0. The van der Waals surface area contributed by atoms with E-state index in [1.54, 1.807) is 24.3 Å².